The Labute approximate surface area is 96.1 Å². The van der Waals surface area contributed by atoms with E-state index in [0.717, 1.165) is 18.7 Å². The summed E-state index contributed by atoms with van der Waals surface area (Å²) in [5, 5.41) is 8.93. The quantitative estimate of drug-likeness (QED) is 0.789. The molecule has 0 aliphatic heterocycles. The second kappa shape index (κ2) is 5.16. The van der Waals surface area contributed by atoms with Crippen LogP contribution in [0.1, 0.15) is 25.7 Å². The Bertz CT molecular complexity index is 339. The number of rotatable bonds is 5. The molecular weight excluding hydrogens is 202 g/mol. The van der Waals surface area contributed by atoms with E-state index in [0.29, 0.717) is 11.9 Å². The fourth-order valence-corrected chi connectivity index (χ4v) is 2.09. The van der Waals surface area contributed by atoms with Crippen LogP contribution >= 0.6 is 0 Å². The van der Waals surface area contributed by atoms with Crippen LogP contribution in [-0.4, -0.2) is 29.3 Å². The van der Waals surface area contributed by atoms with Crippen molar-refractivity contribution in [1.82, 2.24) is 4.98 Å². The number of aliphatic hydroxyl groups is 1. The molecule has 0 aromatic carbocycles. The molecule has 0 spiro atoms. The van der Waals surface area contributed by atoms with Crippen LogP contribution in [0.25, 0.3) is 0 Å². The molecule has 16 heavy (non-hydrogen) atoms. The molecule has 0 saturated heterocycles. The summed E-state index contributed by atoms with van der Waals surface area (Å²) in [4.78, 5) is 6.42. The lowest BCUT2D eigenvalue weighted by Gasteiger charge is -2.39. The molecule has 88 valence electrons. The van der Waals surface area contributed by atoms with Crippen molar-refractivity contribution < 1.29 is 5.11 Å². The average molecular weight is 221 g/mol. The molecule has 1 aliphatic carbocycles. The van der Waals surface area contributed by atoms with Gasteiger partial charge >= 0.3 is 0 Å². The van der Waals surface area contributed by atoms with Crippen LogP contribution in [0.2, 0.25) is 0 Å². The highest BCUT2D eigenvalue weighted by Crippen LogP contribution is 2.31. The smallest absolute Gasteiger partial charge is 0.146 e. The van der Waals surface area contributed by atoms with E-state index in [1.807, 2.05) is 12.1 Å². The zero-order valence-corrected chi connectivity index (χ0v) is 9.47. The van der Waals surface area contributed by atoms with Crippen LogP contribution in [0, 0.1) is 0 Å². The second-order valence-electron chi connectivity index (χ2n) is 4.26. The number of nitrogens with two attached hydrogens (primary N) is 1. The first-order valence-electron chi connectivity index (χ1n) is 5.91. The summed E-state index contributed by atoms with van der Waals surface area (Å²) < 4.78 is 0. The Morgan fingerprint density at radius 3 is 2.88 bits per heavy atom. The van der Waals surface area contributed by atoms with Crippen LogP contribution in [-0.2, 0) is 0 Å². The number of pyridine rings is 1. The number of hydrogen-bond donors (Lipinski definition) is 2. The van der Waals surface area contributed by atoms with Gasteiger partial charge in [-0.1, -0.05) is 0 Å². The minimum Gasteiger partial charge on any atom is -0.396 e. The van der Waals surface area contributed by atoms with E-state index in [4.69, 9.17) is 10.8 Å². The lowest BCUT2D eigenvalue weighted by atomic mass is 9.91. The minimum absolute atomic E-state index is 0.226. The molecule has 0 atom stereocenters. The van der Waals surface area contributed by atoms with Gasteiger partial charge in [0.25, 0.3) is 0 Å². The lowest BCUT2D eigenvalue weighted by Crippen LogP contribution is -2.41. The summed E-state index contributed by atoms with van der Waals surface area (Å²) in [7, 11) is 0. The lowest BCUT2D eigenvalue weighted by molar-refractivity contribution is 0.283. The number of aromatic nitrogens is 1. The van der Waals surface area contributed by atoms with E-state index in [1.54, 1.807) is 6.20 Å². The summed E-state index contributed by atoms with van der Waals surface area (Å²) >= 11 is 0. The predicted molar refractivity (Wildman–Crippen MR) is 65.3 cm³/mol. The molecule has 1 aliphatic rings. The molecule has 1 saturated carbocycles. The van der Waals surface area contributed by atoms with Crippen LogP contribution in [0.5, 0.6) is 0 Å². The molecular formula is C12H19N3O. The fourth-order valence-electron chi connectivity index (χ4n) is 2.09. The highest BCUT2D eigenvalue weighted by molar-refractivity contribution is 5.63. The highest BCUT2D eigenvalue weighted by atomic mass is 16.3. The molecule has 1 fully saturated rings. The maximum Gasteiger partial charge on any atom is 0.146 e. The van der Waals surface area contributed by atoms with Gasteiger partial charge in [0, 0.05) is 25.4 Å². The van der Waals surface area contributed by atoms with Gasteiger partial charge in [-0.25, -0.2) is 4.98 Å². The van der Waals surface area contributed by atoms with Crippen LogP contribution in [0.3, 0.4) is 0 Å². The van der Waals surface area contributed by atoms with Crippen molar-refractivity contribution in [3.8, 4) is 0 Å². The Morgan fingerprint density at radius 1 is 1.50 bits per heavy atom. The standard InChI is InChI=1S/C12H19N3O/c13-12-11(6-2-7-14-12)15(8-3-9-16)10-4-1-5-10/h2,6-7,10,16H,1,3-5,8-9H2,(H2,13,14). The zero-order valence-electron chi connectivity index (χ0n) is 9.47. The largest absolute Gasteiger partial charge is 0.396 e. The fraction of sp³-hybridized carbons (Fsp3) is 0.583. The number of aliphatic hydroxyl groups excluding tert-OH is 1. The first-order chi connectivity index (χ1) is 7.83. The molecule has 0 radical (unpaired) electrons. The summed E-state index contributed by atoms with van der Waals surface area (Å²) in [6, 6.07) is 4.51. The van der Waals surface area contributed by atoms with Gasteiger partial charge in [-0.2, -0.15) is 0 Å². The van der Waals surface area contributed by atoms with Gasteiger partial charge in [0.15, 0.2) is 0 Å². The summed E-state index contributed by atoms with van der Waals surface area (Å²) in [6.07, 6.45) is 6.23. The molecule has 4 nitrogen and oxygen atoms in total. The van der Waals surface area contributed by atoms with Crippen molar-refractivity contribution in [3.63, 3.8) is 0 Å². The van der Waals surface area contributed by atoms with Crippen molar-refractivity contribution in [3.05, 3.63) is 18.3 Å². The Hall–Kier alpha value is -1.29. The third-order valence-electron chi connectivity index (χ3n) is 3.20. The van der Waals surface area contributed by atoms with Crippen molar-refractivity contribution in [1.29, 1.82) is 0 Å². The van der Waals surface area contributed by atoms with Crippen molar-refractivity contribution in [2.75, 3.05) is 23.8 Å². The third kappa shape index (κ3) is 2.27. The van der Waals surface area contributed by atoms with Crippen molar-refractivity contribution >= 4 is 11.5 Å². The van der Waals surface area contributed by atoms with Gasteiger partial charge in [0.1, 0.15) is 5.82 Å². The molecule has 1 aromatic heterocycles. The molecule has 1 aromatic rings. The van der Waals surface area contributed by atoms with Gasteiger partial charge < -0.3 is 15.7 Å². The van der Waals surface area contributed by atoms with Gasteiger partial charge in [0.2, 0.25) is 0 Å². The van der Waals surface area contributed by atoms with Crippen molar-refractivity contribution in [2.45, 2.75) is 31.7 Å². The van der Waals surface area contributed by atoms with Gasteiger partial charge in [-0.3, -0.25) is 0 Å². The molecule has 3 N–H and O–H groups in total. The van der Waals surface area contributed by atoms with Crippen LogP contribution in [0.4, 0.5) is 11.5 Å². The first kappa shape index (κ1) is 11.2. The molecule has 0 amide bonds. The molecule has 0 unspecified atom stereocenters. The van der Waals surface area contributed by atoms with E-state index < -0.39 is 0 Å². The predicted octanol–water partition coefficient (Wildman–Crippen LogP) is 1.41. The summed E-state index contributed by atoms with van der Waals surface area (Å²) in [6.45, 7) is 1.08. The van der Waals surface area contributed by atoms with E-state index in [-0.39, 0.29) is 6.61 Å². The number of hydrogen-bond acceptors (Lipinski definition) is 4. The maximum absolute atomic E-state index is 8.93. The van der Waals surface area contributed by atoms with Crippen LogP contribution in [0.15, 0.2) is 18.3 Å². The van der Waals surface area contributed by atoms with Crippen molar-refractivity contribution in [2.24, 2.45) is 0 Å². The third-order valence-corrected chi connectivity index (χ3v) is 3.20. The summed E-state index contributed by atoms with van der Waals surface area (Å²) in [5.74, 6) is 0.590. The Balaban J connectivity index is 2.13. The second-order valence-corrected chi connectivity index (χ2v) is 4.26. The molecule has 2 rings (SSSR count). The first-order valence-corrected chi connectivity index (χ1v) is 5.91. The SMILES string of the molecule is Nc1ncccc1N(CCCO)C1CCC1. The Morgan fingerprint density at radius 2 is 2.31 bits per heavy atom. The van der Waals surface area contributed by atoms with Crippen LogP contribution < -0.4 is 10.6 Å². The van der Waals surface area contributed by atoms with Gasteiger partial charge in [-0.15, -0.1) is 0 Å². The van der Waals surface area contributed by atoms with E-state index in [2.05, 4.69) is 9.88 Å². The molecule has 0 bridgehead atoms. The molecule has 4 heteroatoms. The number of nitrogens with zero attached hydrogens (tertiary/aromatic N) is 2. The maximum atomic E-state index is 8.93. The Kier molecular flexibility index (Phi) is 3.62. The monoisotopic (exact) mass is 221 g/mol. The normalized spacial score (nSPS) is 15.8. The number of nitrogen functional groups attached to an aromatic ring is 1. The highest BCUT2D eigenvalue weighted by Gasteiger charge is 2.26. The molecule has 1 heterocycles. The summed E-state index contributed by atoms with van der Waals surface area (Å²) in [5.41, 5.74) is 6.91. The average Bonchev–Trinajstić information content (AvgIpc) is 2.22. The minimum atomic E-state index is 0.226. The zero-order chi connectivity index (χ0) is 11.4. The van der Waals surface area contributed by atoms with Gasteiger partial charge in [-0.05, 0) is 37.8 Å². The van der Waals surface area contributed by atoms with E-state index in [9.17, 15) is 0 Å². The number of anilines is 2. The topological polar surface area (TPSA) is 62.4 Å². The van der Waals surface area contributed by atoms with Gasteiger partial charge in [0.05, 0.1) is 5.69 Å². The van der Waals surface area contributed by atoms with E-state index in [1.165, 1.54) is 19.3 Å². The van der Waals surface area contributed by atoms with E-state index >= 15 is 0 Å².